The molecule has 2 aromatic rings. The summed E-state index contributed by atoms with van der Waals surface area (Å²) in [5.41, 5.74) is 0. The lowest BCUT2D eigenvalue weighted by Crippen LogP contribution is -2.31. The molecule has 1 aliphatic heterocycles. The van der Waals surface area contributed by atoms with Crippen molar-refractivity contribution in [2.24, 2.45) is 0 Å². The third-order valence-corrected chi connectivity index (χ3v) is 6.17. The van der Waals surface area contributed by atoms with Crippen LogP contribution < -0.4 is 10.1 Å². The number of halogens is 5. The van der Waals surface area contributed by atoms with Crippen LogP contribution in [0.3, 0.4) is 0 Å². The fraction of sp³-hybridized carbons (Fsp3) is 0.353. The summed E-state index contributed by atoms with van der Waals surface area (Å²) in [6.07, 6.45) is 1.99. The van der Waals surface area contributed by atoms with Crippen LogP contribution in [0, 0.1) is 0 Å². The molecular formula is C17H14Cl5NO4. The van der Waals surface area contributed by atoms with Gasteiger partial charge in [0.2, 0.25) is 0 Å². The van der Waals surface area contributed by atoms with Crippen molar-refractivity contribution in [1.82, 2.24) is 5.32 Å². The number of benzene rings is 1. The average molecular weight is 474 g/mol. The third-order valence-electron chi connectivity index (χ3n) is 3.93. The van der Waals surface area contributed by atoms with E-state index >= 15 is 0 Å². The van der Waals surface area contributed by atoms with Gasteiger partial charge in [-0.1, -0.05) is 58.0 Å². The van der Waals surface area contributed by atoms with Crippen LogP contribution in [-0.4, -0.2) is 25.2 Å². The third kappa shape index (κ3) is 4.78. The zero-order valence-corrected chi connectivity index (χ0v) is 17.6. The molecule has 0 spiro atoms. The number of amides is 1. The Labute approximate surface area is 180 Å². The summed E-state index contributed by atoms with van der Waals surface area (Å²) in [4.78, 5) is 12.1. The van der Waals surface area contributed by atoms with E-state index < -0.39 is 0 Å². The highest BCUT2D eigenvalue weighted by Gasteiger charge is 2.22. The van der Waals surface area contributed by atoms with Crippen molar-refractivity contribution in [1.29, 1.82) is 0 Å². The van der Waals surface area contributed by atoms with Crippen molar-refractivity contribution in [2.45, 2.75) is 25.6 Å². The molecule has 27 heavy (non-hydrogen) atoms. The summed E-state index contributed by atoms with van der Waals surface area (Å²) in [6.45, 7) is 1.14. The van der Waals surface area contributed by atoms with Gasteiger partial charge in [-0.15, -0.1) is 0 Å². The molecule has 1 aromatic carbocycles. The van der Waals surface area contributed by atoms with E-state index in [0.29, 0.717) is 12.3 Å². The first kappa shape index (κ1) is 20.9. The minimum absolute atomic E-state index is 0.0350. The summed E-state index contributed by atoms with van der Waals surface area (Å²) in [5.74, 6) is 0.312. The second kappa shape index (κ2) is 9.12. The van der Waals surface area contributed by atoms with E-state index in [0.717, 1.165) is 19.4 Å². The molecule has 1 fully saturated rings. The Balaban J connectivity index is 1.62. The molecule has 0 bridgehead atoms. The summed E-state index contributed by atoms with van der Waals surface area (Å²) in [7, 11) is 0. The van der Waals surface area contributed by atoms with Gasteiger partial charge in [-0.2, -0.15) is 0 Å². The molecule has 0 saturated carbocycles. The van der Waals surface area contributed by atoms with E-state index in [2.05, 4.69) is 5.32 Å². The standard InChI is InChI=1S/C17H14Cl5NO4/c18-11-12(19)14(21)16(15(22)13(11)20)26-7-9-3-4-10(27-9)17(24)23-6-8-2-1-5-25-8/h3-4,8H,1-2,5-7H2,(H,23,24). The highest BCUT2D eigenvalue weighted by molar-refractivity contribution is 6.55. The Morgan fingerprint density at radius 2 is 1.74 bits per heavy atom. The van der Waals surface area contributed by atoms with Crippen LogP contribution >= 0.6 is 58.0 Å². The number of hydrogen-bond donors (Lipinski definition) is 1. The van der Waals surface area contributed by atoms with Gasteiger partial charge < -0.3 is 19.2 Å². The molecule has 1 aromatic heterocycles. The van der Waals surface area contributed by atoms with E-state index in [1.165, 1.54) is 0 Å². The summed E-state index contributed by atoms with van der Waals surface area (Å²) in [6, 6.07) is 3.16. The monoisotopic (exact) mass is 471 g/mol. The Morgan fingerprint density at radius 1 is 1.07 bits per heavy atom. The molecule has 1 N–H and O–H groups in total. The van der Waals surface area contributed by atoms with E-state index in [-0.39, 0.29) is 55.2 Å². The maximum atomic E-state index is 12.1. The maximum Gasteiger partial charge on any atom is 0.287 e. The first-order chi connectivity index (χ1) is 12.9. The average Bonchev–Trinajstić information content (AvgIpc) is 3.34. The predicted molar refractivity (Wildman–Crippen MR) is 106 cm³/mol. The van der Waals surface area contributed by atoms with Gasteiger partial charge in [0.05, 0.1) is 21.2 Å². The number of furan rings is 1. The van der Waals surface area contributed by atoms with E-state index in [1.54, 1.807) is 12.1 Å². The van der Waals surface area contributed by atoms with E-state index in [9.17, 15) is 4.79 Å². The fourth-order valence-electron chi connectivity index (χ4n) is 2.53. The number of nitrogens with one attached hydrogen (secondary N) is 1. The summed E-state index contributed by atoms with van der Waals surface area (Å²) in [5, 5.41) is 2.98. The van der Waals surface area contributed by atoms with Crippen molar-refractivity contribution in [3.63, 3.8) is 0 Å². The first-order valence-electron chi connectivity index (χ1n) is 8.01. The van der Waals surface area contributed by atoms with Crippen LogP contribution in [0.25, 0.3) is 0 Å². The lowest BCUT2D eigenvalue weighted by molar-refractivity contribution is 0.0832. The number of carbonyl (C=O) groups is 1. The number of ether oxygens (including phenoxy) is 2. The highest BCUT2D eigenvalue weighted by atomic mass is 35.5. The van der Waals surface area contributed by atoms with Gasteiger partial charge in [-0.25, -0.2) is 0 Å². The van der Waals surface area contributed by atoms with Crippen LogP contribution in [0.2, 0.25) is 25.1 Å². The molecule has 1 amide bonds. The van der Waals surface area contributed by atoms with Crippen LogP contribution in [0.4, 0.5) is 0 Å². The molecule has 3 rings (SSSR count). The van der Waals surface area contributed by atoms with Gasteiger partial charge in [-0.3, -0.25) is 4.79 Å². The minimum atomic E-state index is -0.328. The molecule has 10 heteroatoms. The number of rotatable bonds is 6. The van der Waals surface area contributed by atoms with Gasteiger partial charge >= 0.3 is 0 Å². The Hall–Kier alpha value is -0.820. The van der Waals surface area contributed by atoms with E-state index in [4.69, 9.17) is 71.9 Å². The quantitative estimate of drug-likeness (QED) is 0.411. The van der Waals surface area contributed by atoms with Crippen molar-refractivity contribution >= 4 is 63.9 Å². The zero-order valence-electron chi connectivity index (χ0n) is 13.8. The highest BCUT2D eigenvalue weighted by Crippen LogP contribution is 2.48. The smallest absolute Gasteiger partial charge is 0.287 e. The summed E-state index contributed by atoms with van der Waals surface area (Å²) >= 11 is 30.2. The predicted octanol–water partition coefficient (Wildman–Crippen LogP) is 6.03. The molecule has 1 saturated heterocycles. The summed E-state index contributed by atoms with van der Waals surface area (Å²) < 4.78 is 16.5. The SMILES string of the molecule is O=C(NCC1CCCO1)c1ccc(COc2c(Cl)c(Cl)c(Cl)c(Cl)c2Cl)o1. The molecule has 146 valence electrons. The molecule has 0 aliphatic carbocycles. The van der Waals surface area contributed by atoms with E-state index in [1.807, 2.05) is 0 Å². The van der Waals surface area contributed by atoms with Crippen molar-refractivity contribution in [3.8, 4) is 5.75 Å². The number of carbonyl (C=O) groups excluding carboxylic acids is 1. The van der Waals surface area contributed by atoms with Gasteiger partial charge in [0.15, 0.2) is 11.5 Å². The van der Waals surface area contributed by atoms with Gasteiger partial charge in [-0.05, 0) is 25.0 Å². The minimum Gasteiger partial charge on any atom is -0.482 e. The number of hydrogen-bond acceptors (Lipinski definition) is 4. The molecule has 1 aliphatic rings. The van der Waals surface area contributed by atoms with Crippen molar-refractivity contribution in [3.05, 3.63) is 48.8 Å². The van der Waals surface area contributed by atoms with Crippen molar-refractivity contribution in [2.75, 3.05) is 13.2 Å². The lowest BCUT2D eigenvalue weighted by Gasteiger charge is -2.13. The van der Waals surface area contributed by atoms with Crippen LogP contribution in [0.5, 0.6) is 5.75 Å². The zero-order chi connectivity index (χ0) is 19.6. The Kier molecular flexibility index (Phi) is 7.06. The lowest BCUT2D eigenvalue weighted by atomic mass is 10.2. The molecule has 2 heterocycles. The largest absolute Gasteiger partial charge is 0.482 e. The normalized spacial score (nSPS) is 16.6. The molecule has 0 radical (unpaired) electrons. The fourth-order valence-corrected chi connectivity index (χ4v) is 3.76. The second-order valence-corrected chi connectivity index (χ2v) is 7.69. The molecule has 5 nitrogen and oxygen atoms in total. The maximum absolute atomic E-state index is 12.1. The topological polar surface area (TPSA) is 60.7 Å². The molecule has 1 unspecified atom stereocenters. The van der Waals surface area contributed by atoms with Crippen molar-refractivity contribution < 1.29 is 18.7 Å². The second-order valence-electron chi connectivity index (χ2n) is 5.80. The molecular weight excluding hydrogens is 459 g/mol. The Bertz CT molecular complexity index is 819. The van der Waals surface area contributed by atoms with Crippen LogP contribution in [0.1, 0.15) is 29.2 Å². The van der Waals surface area contributed by atoms with Crippen LogP contribution in [-0.2, 0) is 11.3 Å². The van der Waals surface area contributed by atoms with Gasteiger partial charge in [0, 0.05) is 13.2 Å². The van der Waals surface area contributed by atoms with Crippen LogP contribution in [0.15, 0.2) is 16.5 Å². The van der Waals surface area contributed by atoms with Gasteiger partial charge in [0.1, 0.15) is 22.4 Å². The Morgan fingerprint density at radius 3 is 2.37 bits per heavy atom. The molecule has 1 atom stereocenters. The van der Waals surface area contributed by atoms with Gasteiger partial charge in [0.25, 0.3) is 5.91 Å². The first-order valence-corrected chi connectivity index (χ1v) is 9.90.